The van der Waals surface area contributed by atoms with Gasteiger partial charge in [-0.2, -0.15) is 0 Å². The van der Waals surface area contributed by atoms with Crippen LogP contribution in [-0.4, -0.2) is 19.5 Å². The highest BCUT2D eigenvalue weighted by molar-refractivity contribution is 6.70. The van der Waals surface area contributed by atoms with Crippen LogP contribution in [0.1, 0.15) is 31.4 Å². The predicted octanol–water partition coefficient (Wildman–Crippen LogP) is 3.06. The molecule has 0 amide bonds. The van der Waals surface area contributed by atoms with Crippen molar-refractivity contribution in [3.8, 4) is 5.75 Å². The number of hydrogen-bond acceptors (Lipinski definition) is 3. The van der Waals surface area contributed by atoms with Crippen molar-refractivity contribution in [3.05, 3.63) is 29.8 Å². The number of aliphatic hydroxyl groups excluding tert-OH is 1. The molecule has 1 aromatic rings. The molecule has 0 fully saturated rings. The summed E-state index contributed by atoms with van der Waals surface area (Å²) < 4.78 is 5.88. The van der Waals surface area contributed by atoms with Gasteiger partial charge in [-0.1, -0.05) is 25.5 Å². The van der Waals surface area contributed by atoms with Crippen molar-refractivity contribution < 1.29 is 9.53 Å². The maximum Gasteiger partial charge on any atom is 0.242 e. The minimum absolute atomic E-state index is 0.314. The molecule has 3 nitrogen and oxygen atoms in total. The van der Waals surface area contributed by atoms with Crippen LogP contribution >= 0.6 is 0 Å². The first-order valence-corrected chi connectivity index (χ1v) is 9.97. The summed E-state index contributed by atoms with van der Waals surface area (Å²) in [5, 5.41) is 9.88. The van der Waals surface area contributed by atoms with Gasteiger partial charge in [-0.3, -0.25) is 0 Å². The SMILES string of the molecule is CCC[C@H](O)[C@H](N)c1ccc(O[Si](C)(C)C)cc1. The summed E-state index contributed by atoms with van der Waals surface area (Å²) >= 11 is 0. The summed E-state index contributed by atoms with van der Waals surface area (Å²) in [5.74, 6) is 0.884. The largest absolute Gasteiger partial charge is 0.544 e. The maximum atomic E-state index is 9.88. The Morgan fingerprint density at radius 1 is 1.22 bits per heavy atom. The Bertz CT molecular complexity index is 359. The summed E-state index contributed by atoms with van der Waals surface area (Å²) in [6.45, 7) is 8.49. The molecule has 102 valence electrons. The zero-order chi connectivity index (χ0) is 13.8. The van der Waals surface area contributed by atoms with Crippen LogP contribution in [0, 0.1) is 0 Å². The summed E-state index contributed by atoms with van der Waals surface area (Å²) in [7, 11) is -1.56. The molecule has 0 saturated carbocycles. The minimum atomic E-state index is -1.56. The first kappa shape index (κ1) is 15.2. The van der Waals surface area contributed by atoms with E-state index in [1.165, 1.54) is 0 Å². The van der Waals surface area contributed by atoms with Gasteiger partial charge >= 0.3 is 0 Å². The van der Waals surface area contributed by atoms with E-state index in [0.717, 1.165) is 24.2 Å². The highest BCUT2D eigenvalue weighted by atomic mass is 28.4. The Labute approximate surface area is 111 Å². The molecule has 0 aliphatic heterocycles. The van der Waals surface area contributed by atoms with Gasteiger partial charge < -0.3 is 15.3 Å². The first-order valence-electron chi connectivity index (χ1n) is 6.56. The molecule has 1 rings (SSSR count). The molecule has 18 heavy (non-hydrogen) atoms. The average Bonchev–Trinajstić information content (AvgIpc) is 2.27. The molecule has 0 aromatic heterocycles. The molecule has 1 aromatic carbocycles. The standard InChI is InChI=1S/C14H25NO2Si/c1-5-6-13(16)14(15)11-7-9-12(10-8-11)17-18(2,3)4/h7-10,13-14,16H,5-6,15H2,1-4H3/t13-,14+/m0/s1. The lowest BCUT2D eigenvalue weighted by molar-refractivity contribution is 0.134. The van der Waals surface area contributed by atoms with Gasteiger partial charge in [-0.05, 0) is 43.8 Å². The van der Waals surface area contributed by atoms with Crippen molar-refractivity contribution in [2.45, 2.75) is 51.6 Å². The number of hydrogen-bond donors (Lipinski definition) is 2. The van der Waals surface area contributed by atoms with Gasteiger partial charge in [-0.25, -0.2) is 0 Å². The van der Waals surface area contributed by atoms with Gasteiger partial charge in [0.25, 0.3) is 0 Å². The first-order chi connectivity index (χ1) is 8.33. The van der Waals surface area contributed by atoms with Gasteiger partial charge in [0.05, 0.1) is 12.1 Å². The summed E-state index contributed by atoms with van der Waals surface area (Å²) in [4.78, 5) is 0. The van der Waals surface area contributed by atoms with Crippen LogP contribution in [0.25, 0.3) is 0 Å². The lowest BCUT2D eigenvalue weighted by atomic mass is 9.99. The predicted molar refractivity (Wildman–Crippen MR) is 78.3 cm³/mol. The molecule has 0 spiro atoms. The van der Waals surface area contributed by atoms with Crippen molar-refractivity contribution in [2.75, 3.05) is 0 Å². The van der Waals surface area contributed by atoms with E-state index in [-0.39, 0.29) is 6.04 Å². The Morgan fingerprint density at radius 2 is 1.78 bits per heavy atom. The molecule has 3 N–H and O–H groups in total. The van der Waals surface area contributed by atoms with Crippen LogP contribution < -0.4 is 10.2 Å². The fraction of sp³-hybridized carbons (Fsp3) is 0.571. The van der Waals surface area contributed by atoms with Crippen LogP contribution in [0.5, 0.6) is 5.75 Å². The second-order valence-corrected chi connectivity index (χ2v) is 10.1. The normalized spacial score (nSPS) is 15.2. The van der Waals surface area contributed by atoms with Crippen molar-refractivity contribution in [2.24, 2.45) is 5.73 Å². The molecule has 0 aliphatic rings. The molecule has 2 atom stereocenters. The Hall–Kier alpha value is -0.843. The van der Waals surface area contributed by atoms with Crippen LogP contribution in [0.15, 0.2) is 24.3 Å². The van der Waals surface area contributed by atoms with Crippen LogP contribution in [-0.2, 0) is 0 Å². The van der Waals surface area contributed by atoms with E-state index in [1.807, 2.05) is 31.2 Å². The minimum Gasteiger partial charge on any atom is -0.544 e. The molecule has 0 aliphatic carbocycles. The third-order valence-corrected chi connectivity index (χ3v) is 3.54. The van der Waals surface area contributed by atoms with Gasteiger partial charge in [0, 0.05) is 0 Å². The average molecular weight is 267 g/mol. The van der Waals surface area contributed by atoms with E-state index < -0.39 is 14.4 Å². The topological polar surface area (TPSA) is 55.5 Å². The Balaban J connectivity index is 2.70. The highest BCUT2D eigenvalue weighted by Gasteiger charge is 2.18. The van der Waals surface area contributed by atoms with E-state index in [9.17, 15) is 5.11 Å². The zero-order valence-electron chi connectivity index (χ0n) is 11.8. The highest BCUT2D eigenvalue weighted by Crippen LogP contribution is 2.22. The molecular formula is C14H25NO2Si. The van der Waals surface area contributed by atoms with E-state index in [1.54, 1.807) is 0 Å². The number of rotatable bonds is 6. The van der Waals surface area contributed by atoms with Gasteiger partial charge in [0.2, 0.25) is 8.32 Å². The fourth-order valence-corrected chi connectivity index (χ4v) is 2.65. The molecule has 0 unspecified atom stereocenters. The number of nitrogens with two attached hydrogens (primary N) is 1. The second-order valence-electron chi connectivity index (χ2n) is 5.67. The fourth-order valence-electron chi connectivity index (χ4n) is 1.81. The lowest BCUT2D eigenvalue weighted by Crippen LogP contribution is -2.29. The Kier molecular flexibility index (Phi) is 5.38. The van der Waals surface area contributed by atoms with Crippen molar-refractivity contribution in [1.29, 1.82) is 0 Å². The molecule has 0 saturated heterocycles. The maximum absolute atomic E-state index is 9.88. The van der Waals surface area contributed by atoms with E-state index in [0.29, 0.717) is 0 Å². The molecule has 4 heteroatoms. The summed E-state index contributed by atoms with van der Waals surface area (Å²) in [6, 6.07) is 7.45. The van der Waals surface area contributed by atoms with Crippen molar-refractivity contribution in [1.82, 2.24) is 0 Å². The molecule has 0 bridgehead atoms. The van der Waals surface area contributed by atoms with E-state index >= 15 is 0 Å². The lowest BCUT2D eigenvalue weighted by Gasteiger charge is -2.21. The van der Waals surface area contributed by atoms with Gasteiger partial charge in [0.1, 0.15) is 5.75 Å². The Morgan fingerprint density at radius 3 is 2.22 bits per heavy atom. The molecule has 0 radical (unpaired) electrons. The van der Waals surface area contributed by atoms with Gasteiger partial charge in [-0.15, -0.1) is 0 Å². The summed E-state index contributed by atoms with van der Waals surface area (Å²) in [5.41, 5.74) is 6.98. The number of aliphatic hydroxyl groups is 1. The van der Waals surface area contributed by atoms with Crippen LogP contribution in [0.3, 0.4) is 0 Å². The number of benzene rings is 1. The van der Waals surface area contributed by atoms with E-state index in [4.69, 9.17) is 10.2 Å². The quantitative estimate of drug-likeness (QED) is 0.779. The van der Waals surface area contributed by atoms with Crippen molar-refractivity contribution in [3.63, 3.8) is 0 Å². The van der Waals surface area contributed by atoms with Crippen LogP contribution in [0.4, 0.5) is 0 Å². The molecule has 0 heterocycles. The third-order valence-electron chi connectivity index (χ3n) is 2.69. The van der Waals surface area contributed by atoms with E-state index in [2.05, 4.69) is 19.6 Å². The monoisotopic (exact) mass is 267 g/mol. The third kappa shape index (κ3) is 4.80. The van der Waals surface area contributed by atoms with Gasteiger partial charge in [0.15, 0.2) is 0 Å². The van der Waals surface area contributed by atoms with Crippen molar-refractivity contribution >= 4 is 8.32 Å². The zero-order valence-corrected chi connectivity index (χ0v) is 12.8. The summed E-state index contributed by atoms with van der Waals surface area (Å²) in [6.07, 6.45) is 1.19. The molecular weight excluding hydrogens is 242 g/mol. The smallest absolute Gasteiger partial charge is 0.242 e. The second kappa shape index (κ2) is 6.36. The van der Waals surface area contributed by atoms with Crippen LogP contribution in [0.2, 0.25) is 19.6 Å².